The number of methoxy groups -OCH3 is 1. The van der Waals surface area contributed by atoms with Crippen molar-refractivity contribution in [1.82, 2.24) is 9.88 Å². The van der Waals surface area contributed by atoms with Gasteiger partial charge in [-0.05, 0) is 69.9 Å². The van der Waals surface area contributed by atoms with E-state index in [1.807, 2.05) is 13.8 Å². The predicted molar refractivity (Wildman–Crippen MR) is 136 cm³/mol. The van der Waals surface area contributed by atoms with E-state index in [0.29, 0.717) is 35.5 Å². The Morgan fingerprint density at radius 1 is 1.00 bits per heavy atom. The van der Waals surface area contributed by atoms with Crippen molar-refractivity contribution >= 4 is 11.7 Å². The van der Waals surface area contributed by atoms with Crippen molar-refractivity contribution in [3.63, 3.8) is 0 Å². The van der Waals surface area contributed by atoms with Crippen molar-refractivity contribution in [2.24, 2.45) is 5.41 Å². The van der Waals surface area contributed by atoms with Crippen LogP contribution in [-0.2, 0) is 6.42 Å². The number of aromatic nitrogens is 1. The molecule has 3 N–H and O–H groups in total. The van der Waals surface area contributed by atoms with Crippen LogP contribution >= 0.6 is 0 Å². The van der Waals surface area contributed by atoms with Gasteiger partial charge in [0.25, 0.3) is 11.5 Å². The summed E-state index contributed by atoms with van der Waals surface area (Å²) in [6.45, 7) is 12.7. The molecule has 0 saturated carbocycles. The summed E-state index contributed by atoms with van der Waals surface area (Å²) < 4.78 is 6.82. The Kier molecular flexibility index (Phi) is 6.20. The Bertz CT molecular complexity index is 1210. The van der Waals surface area contributed by atoms with Gasteiger partial charge in [0.15, 0.2) is 5.78 Å². The summed E-state index contributed by atoms with van der Waals surface area (Å²) in [7, 11) is 1.58. The molecule has 0 unspecified atom stereocenters. The van der Waals surface area contributed by atoms with Gasteiger partial charge in [-0.2, -0.15) is 0 Å². The Labute approximate surface area is 207 Å². The summed E-state index contributed by atoms with van der Waals surface area (Å²) in [6, 6.07) is 8.60. The monoisotopic (exact) mass is 480 g/mol. The number of carbonyl (C=O) groups is 2. The standard InChI is InChI=1S/C28H37N3O4/c1-26(2)15-22-20(23(32)16-26)12-21(25(34)31(22)18-8-10-19(35-7)11-9-18)24(33)29-17-13-27(3,4)30-28(5,6)14-17/h8-12,17,30H,13-16H2,1-7H3,(H,29,33)/p+1. The number of carbonyl (C=O) groups excluding carboxylic acids is 2. The molecule has 7 nitrogen and oxygen atoms in total. The third-order valence-electron chi connectivity index (χ3n) is 7.13. The first kappa shape index (κ1) is 25.2. The van der Waals surface area contributed by atoms with Gasteiger partial charge in [-0.25, -0.2) is 0 Å². The maximum atomic E-state index is 13.8. The number of ether oxygens (including phenoxy) is 1. The maximum absolute atomic E-state index is 13.8. The van der Waals surface area contributed by atoms with Crippen molar-refractivity contribution in [2.75, 3.05) is 7.11 Å². The number of rotatable bonds is 4. The molecular weight excluding hydrogens is 442 g/mol. The van der Waals surface area contributed by atoms with E-state index in [2.05, 4.69) is 38.3 Å². The van der Waals surface area contributed by atoms with E-state index < -0.39 is 11.5 Å². The van der Waals surface area contributed by atoms with Crippen molar-refractivity contribution < 1.29 is 19.6 Å². The lowest BCUT2D eigenvalue weighted by atomic mass is 9.75. The zero-order valence-electron chi connectivity index (χ0n) is 22.0. The molecule has 2 aliphatic rings. The normalized spacial score (nSPS) is 20.7. The fraction of sp³-hybridized carbons (Fsp3) is 0.536. The first-order valence-corrected chi connectivity index (χ1v) is 12.3. The number of ketones is 1. The molecule has 4 rings (SSSR count). The second-order valence-corrected chi connectivity index (χ2v) is 12.4. The third kappa shape index (κ3) is 5.20. The van der Waals surface area contributed by atoms with Gasteiger partial charge in [0, 0.05) is 42.2 Å². The molecule has 7 heteroatoms. The van der Waals surface area contributed by atoms with Gasteiger partial charge in [0.2, 0.25) is 0 Å². The minimum absolute atomic E-state index is 0.0118. The number of piperidine rings is 1. The number of pyridine rings is 1. The highest BCUT2D eigenvalue weighted by Crippen LogP contribution is 2.35. The SMILES string of the molecule is COc1ccc(-n2c3c(cc(C(=O)NC4CC(C)(C)[NH2+]C(C)(C)C4)c2=O)C(=O)CC(C)(C)C3)cc1. The molecule has 35 heavy (non-hydrogen) atoms. The summed E-state index contributed by atoms with van der Waals surface area (Å²) in [6.07, 6.45) is 2.54. The lowest BCUT2D eigenvalue weighted by Gasteiger charge is -2.43. The van der Waals surface area contributed by atoms with Crippen molar-refractivity contribution in [3.8, 4) is 11.4 Å². The number of nitrogens with zero attached hydrogens (tertiary/aromatic N) is 1. The lowest BCUT2D eigenvalue weighted by molar-refractivity contribution is -0.787. The smallest absolute Gasteiger partial charge is 0.268 e. The lowest BCUT2D eigenvalue weighted by Crippen LogP contribution is -3.06. The second kappa shape index (κ2) is 8.63. The summed E-state index contributed by atoms with van der Waals surface area (Å²) in [5, 5.41) is 5.46. The number of nitrogens with two attached hydrogens (primary N) is 1. The maximum Gasteiger partial charge on any atom is 0.268 e. The zero-order chi connectivity index (χ0) is 25.8. The first-order chi connectivity index (χ1) is 16.2. The van der Waals surface area contributed by atoms with Crippen LogP contribution in [-0.4, -0.2) is 40.5 Å². The zero-order valence-corrected chi connectivity index (χ0v) is 22.0. The molecule has 0 atom stereocenters. The van der Waals surface area contributed by atoms with Crippen molar-refractivity contribution in [3.05, 3.63) is 57.5 Å². The quantitative estimate of drug-likeness (QED) is 0.703. The Hall–Kier alpha value is -2.93. The molecule has 188 valence electrons. The number of amides is 1. The van der Waals surface area contributed by atoms with E-state index in [4.69, 9.17) is 4.74 Å². The Morgan fingerprint density at radius 3 is 2.17 bits per heavy atom. The van der Waals surface area contributed by atoms with Gasteiger partial charge in [-0.3, -0.25) is 19.0 Å². The van der Waals surface area contributed by atoms with Crippen LogP contribution in [0.15, 0.2) is 35.1 Å². The van der Waals surface area contributed by atoms with Crippen LogP contribution in [0.4, 0.5) is 0 Å². The number of Topliss-reactive ketones (excluding diaryl/α,β-unsaturated/α-hetero) is 1. The van der Waals surface area contributed by atoms with Crippen LogP contribution in [0.1, 0.15) is 87.2 Å². The fourth-order valence-corrected chi connectivity index (χ4v) is 6.16. The Morgan fingerprint density at radius 2 is 1.60 bits per heavy atom. The molecule has 1 aromatic carbocycles. The number of benzene rings is 1. The van der Waals surface area contributed by atoms with E-state index in [-0.39, 0.29) is 33.9 Å². The Balaban J connectivity index is 1.80. The number of hydrogen-bond acceptors (Lipinski definition) is 4. The minimum atomic E-state index is -0.420. The molecule has 2 aromatic rings. The van der Waals surface area contributed by atoms with Gasteiger partial charge in [-0.15, -0.1) is 0 Å². The van der Waals surface area contributed by atoms with Gasteiger partial charge in [-0.1, -0.05) is 13.8 Å². The van der Waals surface area contributed by atoms with Crippen LogP contribution < -0.4 is 20.9 Å². The summed E-state index contributed by atoms with van der Waals surface area (Å²) in [5.41, 5.74) is 1.01. The van der Waals surface area contributed by atoms with Crippen LogP contribution in [0.3, 0.4) is 0 Å². The third-order valence-corrected chi connectivity index (χ3v) is 7.13. The molecule has 0 spiro atoms. The summed E-state index contributed by atoms with van der Waals surface area (Å²) in [4.78, 5) is 40.5. The highest BCUT2D eigenvalue weighted by Gasteiger charge is 2.42. The molecular formula is C28H38N3O4+. The van der Waals surface area contributed by atoms with Crippen LogP contribution in [0.5, 0.6) is 5.75 Å². The second-order valence-electron chi connectivity index (χ2n) is 12.4. The topological polar surface area (TPSA) is 94.0 Å². The first-order valence-electron chi connectivity index (χ1n) is 12.3. The molecule has 0 radical (unpaired) electrons. The number of nitrogens with one attached hydrogen (secondary N) is 1. The van der Waals surface area contributed by atoms with E-state index in [1.165, 1.54) is 6.07 Å². The van der Waals surface area contributed by atoms with Crippen molar-refractivity contribution in [1.29, 1.82) is 0 Å². The molecule has 2 heterocycles. The molecule has 1 saturated heterocycles. The highest BCUT2D eigenvalue weighted by atomic mass is 16.5. The summed E-state index contributed by atoms with van der Waals surface area (Å²) in [5.74, 6) is 0.207. The van der Waals surface area contributed by atoms with E-state index in [9.17, 15) is 14.4 Å². The average Bonchev–Trinajstić information content (AvgIpc) is 2.70. The van der Waals surface area contributed by atoms with Crippen LogP contribution in [0, 0.1) is 5.41 Å². The molecule has 1 fully saturated rings. The molecule has 1 aliphatic carbocycles. The molecule has 1 aliphatic heterocycles. The number of fused-ring (bicyclic) bond motifs is 1. The van der Waals surface area contributed by atoms with Gasteiger partial charge >= 0.3 is 0 Å². The van der Waals surface area contributed by atoms with Crippen LogP contribution in [0.25, 0.3) is 5.69 Å². The molecule has 1 amide bonds. The largest absolute Gasteiger partial charge is 0.497 e. The predicted octanol–water partition coefficient (Wildman–Crippen LogP) is 3.01. The highest BCUT2D eigenvalue weighted by molar-refractivity contribution is 6.02. The van der Waals surface area contributed by atoms with E-state index in [1.54, 1.807) is 35.9 Å². The van der Waals surface area contributed by atoms with E-state index in [0.717, 1.165) is 12.8 Å². The van der Waals surface area contributed by atoms with Crippen molar-refractivity contribution in [2.45, 2.75) is 84.3 Å². The van der Waals surface area contributed by atoms with Crippen LogP contribution in [0.2, 0.25) is 0 Å². The van der Waals surface area contributed by atoms with Gasteiger partial charge < -0.3 is 15.4 Å². The number of quaternary nitrogens is 1. The summed E-state index contributed by atoms with van der Waals surface area (Å²) >= 11 is 0. The number of hydrogen-bond donors (Lipinski definition) is 2. The van der Waals surface area contributed by atoms with E-state index >= 15 is 0 Å². The molecule has 0 bridgehead atoms. The molecule has 1 aromatic heterocycles. The van der Waals surface area contributed by atoms with Gasteiger partial charge in [0.05, 0.1) is 18.2 Å². The van der Waals surface area contributed by atoms with Gasteiger partial charge in [0.1, 0.15) is 11.3 Å². The fourth-order valence-electron chi connectivity index (χ4n) is 6.16. The average molecular weight is 481 g/mol. The minimum Gasteiger partial charge on any atom is -0.497 e.